The van der Waals surface area contributed by atoms with Gasteiger partial charge in [-0.2, -0.15) is 0 Å². The van der Waals surface area contributed by atoms with Crippen LogP contribution >= 0.6 is 0 Å². The lowest BCUT2D eigenvalue weighted by Crippen LogP contribution is -2.38. The second-order valence-electron chi connectivity index (χ2n) is 6.44. The fraction of sp³-hybridized carbons (Fsp3) is 0.529. The summed E-state index contributed by atoms with van der Waals surface area (Å²) in [7, 11) is 0. The molecular formula is C17H25FN2O3. The maximum Gasteiger partial charge on any atom is 0.407 e. The van der Waals surface area contributed by atoms with Crippen LogP contribution in [0.2, 0.25) is 0 Å². The van der Waals surface area contributed by atoms with E-state index >= 15 is 0 Å². The lowest BCUT2D eigenvalue weighted by Gasteiger charge is -2.19. The van der Waals surface area contributed by atoms with E-state index in [1.807, 2.05) is 6.92 Å². The van der Waals surface area contributed by atoms with Crippen LogP contribution in [0.5, 0.6) is 0 Å². The van der Waals surface area contributed by atoms with E-state index < -0.39 is 11.7 Å². The predicted octanol–water partition coefficient (Wildman–Crippen LogP) is 2.79. The molecule has 2 amide bonds. The topological polar surface area (TPSA) is 67.4 Å². The third kappa shape index (κ3) is 8.18. The third-order valence-corrected chi connectivity index (χ3v) is 2.91. The van der Waals surface area contributed by atoms with E-state index in [2.05, 4.69) is 10.6 Å². The van der Waals surface area contributed by atoms with Crippen LogP contribution < -0.4 is 10.6 Å². The number of carbonyl (C=O) groups is 2. The SMILES string of the molecule is CC(Cc1ccccc1F)NC(=O)CCNC(=O)OC(C)(C)C. The van der Waals surface area contributed by atoms with Gasteiger partial charge in [0.15, 0.2) is 0 Å². The Balaban J connectivity index is 2.28. The van der Waals surface area contributed by atoms with Gasteiger partial charge in [-0.25, -0.2) is 9.18 Å². The van der Waals surface area contributed by atoms with Gasteiger partial charge in [0.25, 0.3) is 0 Å². The molecule has 0 saturated carbocycles. The van der Waals surface area contributed by atoms with Crippen LogP contribution in [0.4, 0.5) is 9.18 Å². The molecular weight excluding hydrogens is 299 g/mol. The molecule has 23 heavy (non-hydrogen) atoms. The summed E-state index contributed by atoms with van der Waals surface area (Å²) in [5, 5.41) is 5.30. The average Bonchev–Trinajstić information content (AvgIpc) is 2.39. The van der Waals surface area contributed by atoms with Gasteiger partial charge in [-0.15, -0.1) is 0 Å². The van der Waals surface area contributed by atoms with Crippen molar-refractivity contribution < 1.29 is 18.7 Å². The fourth-order valence-corrected chi connectivity index (χ4v) is 1.98. The van der Waals surface area contributed by atoms with Crippen molar-refractivity contribution in [2.75, 3.05) is 6.54 Å². The number of nitrogens with one attached hydrogen (secondary N) is 2. The molecule has 0 bridgehead atoms. The summed E-state index contributed by atoms with van der Waals surface area (Å²) in [4.78, 5) is 23.2. The largest absolute Gasteiger partial charge is 0.444 e. The molecule has 1 atom stereocenters. The van der Waals surface area contributed by atoms with E-state index in [4.69, 9.17) is 4.74 Å². The van der Waals surface area contributed by atoms with Crippen molar-refractivity contribution in [1.82, 2.24) is 10.6 Å². The van der Waals surface area contributed by atoms with E-state index in [1.165, 1.54) is 6.07 Å². The lowest BCUT2D eigenvalue weighted by atomic mass is 10.1. The van der Waals surface area contributed by atoms with E-state index in [0.29, 0.717) is 12.0 Å². The Labute approximate surface area is 136 Å². The van der Waals surface area contributed by atoms with Gasteiger partial charge >= 0.3 is 6.09 Å². The first-order valence-electron chi connectivity index (χ1n) is 7.67. The molecule has 1 rings (SSSR count). The van der Waals surface area contributed by atoms with E-state index in [9.17, 15) is 14.0 Å². The highest BCUT2D eigenvalue weighted by Gasteiger charge is 2.16. The molecule has 0 aliphatic heterocycles. The number of benzene rings is 1. The molecule has 1 unspecified atom stereocenters. The molecule has 0 aliphatic rings. The molecule has 128 valence electrons. The molecule has 5 nitrogen and oxygen atoms in total. The first-order chi connectivity index (χ1) is 10.7. The minimum Gasteiger partial charge on any atom is -0.444 e. The van der Waals surface area contributed by atoms with Gasteiger partial charge in [0.2, 0.25) is 5.91 Å². The number of ether oxygens (including phenoxy) is 1. The van der Waals surface area contributed by atoms with Gasteiger partial charge in [0.1, 0.15) is 11.4 Å². The van der Waals surface area contributed by atoms with Crippen molar-refractivity contribution >= 4 is 12.0 Å². The van der Waals surface area contributed by atoms with Gasteiger partial charge in [-0.05, 0) is 45.7 Å². The number of rotatable bonds is 6. The fourth-order valence-electron chi connectivity index (χ4n) is 1.98. The van der Waals surface area contributed by atoms with Crippen LogP contribution in [0, 0.1) is 5.82 Å². The smallest absolute Gasteiger partial charge is 0.407 e. The van der Waals surface area contributed by atoms with Gasteiger partial charge in [-0.1, -0.05) is 18.2 Å². The Morgan fingerprint density at radius 2 is 1.91 bits per heavy atom. The number of alkyl carbamates (subject to hydrolysis) is 1. The predicted molar refractivity (Wildman–Crippen MR) is 86.6 cm³/mol. The van der Waals surface area contributed by atoms with Crippen LogP contribution in [0.1, 0.15) is 39.7 Å². The third-order valence-electron chi connectivity index (χ3n) is 2.91. The summed E-state index contributed by atoms with van der Waals surface area (Å²) in [5.74, 6) is -0.481. The van der Waals surface area contributed by atoms with Gasteiger partial charge < -0.3 is 15.4 Å². The summed E-state index contributed by atoms with van der Waals surface area (Å²) >= 11 is 0. The molecule has 6 heteroatoms. The minimum atomic E-state index is -0.569. The molecule has 0 fully saturated rings. The Hall–Kier alpha value is -2.11. The highest BCUT2D eigenvalue weighted by Crippen LogP contribution is 2.09. The minimum absolute atomic E-state index is 0.140. The van der Waals surface area contributed by atoms with Gasteiger partial charge in [0.05, 0.1) is 0 Å². The van der Waals surface area contributed by atoms with Crippen molar-refractivity contribution in [3.05, 3.63) is 35.6 Å². The number of amides is 2. The first-order valence-corrected chi connectivity index (χ1v) is 7.67. The molecule has 0 aromatic heterocycles. The van der Waals surface area contributed by atoms with Crippen molar-refractivity contribution in [2.24, 2.45) is 0 Å². The van der Waals surface area contributed by atoms with Crippen molar-refractivity contribution in [1.29, 1.82) is 0 Å². The van der Waals surface area contributed by atoms with Crippen molar-refractivity contribution in [3.63, 3.8) is 0 Å². The van der Waals surface area contributed by atoms with E-state index in [0.717, 1.165) is 0 Å². The summed E-state index contributed by atoms with van der Waals surface area (Å²) in [6, 6.07) is 6.29. The molecule has 0 aliphatic carbocycles. The maximum atomic E-state index is 13.5. The molecule has 2 N–H and O–H groups in total. The van der Waals surface area contributed by atoms with Crippen LogP contribution in [0.15, 0.2) is 24.3 Å². The first kappa shape index (κ1) is 18.9. The number of halogens is 1. The van der Waals surface area contributed by atoms with Crippen molar-refractivity contribution in [3.8, 4) is 0 Å². The standard InChI is InChI=1S/C17H25FN2O3/c1-12(11-13-7-5-6-8-14(13)18)20-15(21)9-10-19-16(22)23-17(2,3)4/h5-8,12H,9-11H2,1-4H3,(H,19,22)(H,20,21). The number of hydrogen-bond acceptors (Lipinski definition) is 3. The van der Waals surface area contributed by atoms with Crippen LogP contribution in [-0.4, -0.2) is 30.2 Å². The maximum absolute atomic E-state index is 13.5. The van der Waals surface area contributed by atoms with E-state index in [1.54, 1.807) is 39.0 Å². The number of hydrogen-bond donors (Lipinski definition) is 2. The second kappa shape index (κ2) is 8.50. The molecule has 0 radical (unpaired) electrons. The Kier molecular flexibility index (Phi) is 7.00. The van der Waals surface area contributed by atoms with Crippen LogP contribution in [0.25, 0.3) is 0 Å². The molecule has 1 aromatic carbocycles. The quantitative estimate of drug-likeness (QED) is 0.845. The summed E-state index contributed by atoms with van der Waals surface area (Å²) in [6.07, 6.45) is 0.00313. The Morgan fingerprint density at radius 3 is 2.52 bits per heavy atom. The normalized spacial score (nSPS) is 12.4. The summed E-state index contributed by atoms with van der Waals surface area (Å²) < 4.78 is 18.6. The Morgan fingerprint density at radius 1 is 1.26 bits per heavy atom. The second-order valence-corrected chi connectivity index (χ2v) is 6.44. The molecule has 1 aromatic rings. The zero-order chi connectivity index (χ0) is 17.5. The molecule has 0 spiro atoms. The highest BCUT2D eigenvalue weighted by atomic mass is 19.1. The van der Waals surface area contributed by atoms with Gasteiger partial charge in [-0.3, -0.25) is 4.79 Å². The highest BCUT2D eigenvalue weighted by molar-refractivity contribution is 5.77. The van der Waals surface area contributed by atoms with E-state index in [-0.39, 0.29) is 30.7 Å². The van der Waals surface area contributed by atoms with Crippen LogP contribution in [-0.2, 0) is 16.0 Å². The monoisotopic (exact) mass is 324 g/mol. The average molecular weight is 324 g/mol. The summed E-state index contributed by atoms with van der Waals surface area (Å²) in [5.41, 5.74) is -0.00663. The van der Waals surface area contributed by atoms with Gasteiger partial charge in [0, 0.05) is 19.0 Å². The number of carbonyl (C=O) groups excluding carboxylic acids is 2. The van der Waals surface area contributed by atoms with Crippen molar-refractivity contribution in [2.45, 2.75) is 52.2 Å². The summed E-state index contributed by atoms with van der Waals surface area (Å²) in [6.45, 7) is 7.30. The lowest BCUT2D eigenvalue weighted by molar-refractivity contribution is -0.121. The Bertz CT molecular complexity index is 541. The zero-order valence-corrected chi connectivity index (χ0v) is 14.1. The molecule has 0 heterocycles. The molecule has 0 saturated heterocycles. The zero-order valence-electron chi connectivity index (χ0n) is 14.1. The van der Waals surface area contributed by atoms with Crippen LogP contribution in [0.3, 0.4) is 0 Å².